The van der Waals surface area contributed by atoms with Gasteiger partial charge >= 0.3 is 0 Å². The second kappa shape index (κ2) is 7.95. The van der Waals surface area contributed by atoms with Gasteiger partial charge < -0.3 is 21.4 Å². The minimum Gasteiger partial charge on any atom is -0.507 e. The van der Waals surface area contributed by atoms with Crippen molar-refractivity contribution in [3.63, 3.8) is 0 Å². The largest absolute Gasteiger partial charge is 0.507 e. The molecule has 0 atom stereocenters. The van der Waals surface area contributed by atoms with Crippen LogP contribution in [0.25, 0.3) is 0 Å². The lowest BCUT2D eigenvalue weighted by Crippen LogP contribution is -2.10. The van der Waals surface area contributed by atoms with E-state index in [1.807, 2.05) is 0 Å². The molecule has 0 bridgehead atoms. The fourth-order valence-corrected chi connectivity index (χ4v) is 2.76. The number of primary amides is 1. The maximum atomic E-state index is 10.5. The molecule has 22 heavy (non-hydrogen) atoms. The summed E-state index contributed by atoms with van der Waals surface area (Å²) in [6.07, 6.45) is 0. The van der Waals surface area contributed by atoms with Gasteiger partial charge in [-0.05, 0) is 47.1 Å². The topological polar surface area (TPSA) is 107 Å². The highest BCUT2D eigenvalue weighted by atomic mass is 79.9. The molecule has 116 valence electrons. The van der Waals surface area contributed by atoms with Crippen LogP contribution in [0.1, 0.15) is 22.8 Å². The quantitative estimate of drug-likeness (QED) is 0.545. The van der Waals surface area contributed by atoms with Crippen LogP contribution in [-0.4, -0.2) is 21.8 Å². The van der Waals surface area contributed by atoms with Crippen molar-refractivity contribution in [2.75, 3.05) is 0 Å². The van der Waals surface area contributed by atoms with Gasteiger partial charge in [0, 0.05) is 15.7 Å². The van der Waals surface area contributed by atoms with Crippen LogP contribution >= 0.6 is 31.9 Å². The van der Waals surface area contributed by atoms with Crippen LogP contribution in [0.4, 0.5) is 0 Å². The molecule has 0 fully saturated rings. The Morgan fingerprint density at radius 2 is 1.73 bits per heavy atom. The molecule has 0 heterocycles. The van der Waals surface area contributed by atoms with E-state index in [4.69, 9.17) is 16.2 Å². The van der Waals surface area contributed by atoms with Crippen molar-refractivity contribution in [2.45, 2.75) is 6.92 Å². The van der Waals surface area contributed by atoms with Gasteiger partial charge in [0.2, 0.25) is 0 Å². The summed E-state index contributed by atoms with van der Waals surface area (Å²) < 4.78 is 1.44. The molecule has 0 saturated heterocycles. The first-order chi connectivity index (χ1) is 10.2. The molecular weight excluding hydrogens is 416 g/mol. The number of rotatable bonds is 2. The third kappa shape index (κ3) is 4.85. The van der Waals surface area contributed by atoms with E-state index in [-0.39, 0.29) is 17.1 Å². The molecule has 0 aliphatic rings. The molecule has 5 N–H and O–H groups in total. The molecule has 0 aliphatic carbocycles. The number of halogens is 2. The number of nitrogens with one attached hydrogen (secondary N) is 1. The van der Waals surface area contributed by atoms with Gasteiger partial charge in [-0.1, -0.05) is 28.1 Å². The third-order valence-electron chi connectivity index (χ3n) is 2.60. The molecule has 0 aromatic heterocycles. The number of para-hydroxylation sites is 1. The number of nitrogens with two attached hydrogens (primary N) is 1. The van der Waals surface area contributed by atoms with Gasteiger partial charge in [-0.2, -0.15) is 0 Å². The number of benzene rings is 2. The molecule has 0 saturated carbocycles. The SMILES string of the molecule is CC(=N)c1cc(Br)cc(Br)c1O.NC(=O)c1ccccc1O. The van der Waals surface area contributed by atoms with Crippen molar-refractivity contribution in [1.82, 2.24) is 0 Å². The third-order valence-corrected chi connectivity index (χ3v) is 3.66. The van der Waals surface area contributed by atoms with Gasteiger partial charge in [0.05, 0.1) is 10.0 Å². The summed E-state index contributed by atoms with van der Waals surface area (Å²) in [5.74, 6) is -0.571. The number of phenolic OH excluding ortho intramolecular Hbond substituents is 1. The first kappa shape index (κ1) is 18.2. The summed E-state index contributed by atoms with van der Waals surface area (Å²) in [6, 6.07) is 9.60. The van der Waals surface area contributed by atoms with E-state index in [0.717, 1.165) is 4.47 Å². The number of phenols is 2. The maximum Gasteiger partial charge on any atom is 0.252 e. The minimum atomic E-state index is -0.613. The monoisotopic (exact) mass is 428 g/mol. The average Bonchev–Trinajstić information content (AvgIpc) is 2.43. The van der Waals surface area contributed by atoms with Gasteiger partial charge in [-0.15, -0.1) is 0 Å². The lowest BCUT2D eigenvalue weighted by atomic mass is 10.1. The van der Waals surface area contributed by atoms with E-state index in [1.54, 1.807) is 31.2 Å². The summed E-state index contributed by atoms with van der Waals surface area (Å²) in [7, 11) is 0. The van der Waals surface area contributed by atoms with E-state index < -0.39 is 5.91 Å². The summed E-state index contributed by atoms with van der Waals surface area (Å²) in [6.45, 7) is 1.63. The molecule has 0 radical (unpaired) electrons. The molecule has 0 unspecified atom stereocenters. The fourth-order valence-electron chi connectivity index (χ4n) is 1.53. The Bertz CT molecular complexity index is 718. The molecule has 2 aromatic carbocycles. The second-order valence-corrected chi connectivity index (χ2v) is 6.06. The molecule has 0 aliphatic heterocycles. The smallest absolute Gasteiger partial charge is 0.252 e. The standard InChI is InChI=1S/C8H7Br2NO.C7H7NO2/c1-4(11)6-2-5(9)3-7(10)8(6)12;8-7(10)5-3-1-2-4-6(5)9/h2-3,11-12H,1H3;1-4,9H,(H2,8,10). The van der Waals surface area contributed by atoms with Crippen molar-refractivity contribution in [3.8, 4) is 11.5 Å². The van der Waals surface area contributed by atoms with E-state index in [0.29, 0.717) is 15.7 Å². The molecule has 2 aromatic rings. The molecular formula is C15H14Br2N2O3. The normalized spacial score (nSPS) is 9.59. The van der Waals surface area contributed by atoms with Crippen molar-refractivity contribution >= 4 is 43.5 Å². The Labute approximate surface area is 144 Å². The second-order valence-electron chi connectivity index (χ2n) is 4.29. The number of carbonyl (C=O) groups is 1. The predicted octanol–water partition coefficient (Wildman–Crippen LogP) is 3.80. The highest BCUT2D eigenvalue weighted by molar-refractivity contribution is 9.11. The summed E-state index contributed by atoms with van der Waals surface area (Å²) in [5.41, 5.74) is 5.95. The maximum absolute atomic E-state index is 10.5. The van der Waals surface area contributed by atoms with Gasteiger partial charge in [0.15, 0.2) is 0 Å². The highest BCUT2D eigenvalue weighted by Gasteiger charge is 2.08. The Kier molecular flexibility index (Phi) is 6.58. The van der Waals surface area contributed by atoms with Crippen molar-refractivity contribution in [3.05, 3.63) is 56.5 Å². The van der Waals surface area contributed by atoms with Crippen LogP contribution in [0, 0.1) is 5.41 Å². The zero-order valence-corrected chi connectivity index (χ0v) is 14.8. The van der Waals surface area contributed by atoms with Gasteiger partial charge in [0.25, 0.3) is 5.91 Å². The van der Waals surface area contributed by atoms with Crippen molar-refractivity contribution < 1.29 is 15.0 Å². The van der Waals surface area contributed by atoms with Crippen LogP contribution in [0.15, 0.2) is 45.3 Å². The first-order valence-corrected chi connectivity index (χ1v) is 7.64. The zero-order valence-electron chi connectivity index (χ0n) is 11.6. The van der Waals surface area contributed by atoms with Crippen LogP contribution in [0.3, 0.4) is 0 Å². The van der Waals surface area contributed by atoms with Gasteiger partial charge in [-0.25, -0.2) is 0 Å². The van der Waals surface area contributed by atoms with E-state index in [9.17, 15) is 9.90 Å². The van der Waals surface area contributed by atoms with Gasteiger partial charge in [-0.3, -0.25) is 4.79 Å². The number of hydrogen-bond acceptors (Lipinski definition) is 4. The number of hydrogen-bond donors (Lipinski definition) is 4. The number of aromatic hydroxyl groups is 2. The van der Waals surface area contributed by atoms with Gasteiger partial charge in [0.1, 0.15) is 11.5 Å². The van der Waals surface area contributed by atoms with E-state index >= 15 is 0 Å². The average molecular weight is 430 g/mol. The molecule has 1 amide bonds. The predicted molar refractivity (Wildman–Crippen MR) is 92.6 cm³/mol. The summed E-state index contributed by atoms with van der Waals surface area (Å²) >= 11 is 6.47. The van der Waals surface area contributed by atoms with Crippen LogP contribution in [0.5, 0.6) is 11.5 Å². The van der Waals surface area contributed by atoms with Crippen LogP contribution in [0.2, 0.25) is 0 Å². The Hall–Kier alpha value is -1.86. The summed E-state index contributed by atoms with van der Waals surface area (Å²) in [5, 5.41) is 25.8. The molecule has 0 spiro atoms. The molecule has 7 heteroatoms. The zero-order chi connectivity index (χ0) is 16.9. The Morgan fingerprint density at radius 3 is 2.18 bits per heavy atom. The molecule has 5 nitrogen and oxygen atoms in total. The lowest BCUT2D eigenvalue weighted by molar-refractivity contribution is 0.0998. The van der Waals surface area contributed by atoms with E-state index in [2.05, 4.69) is 31.9 Å². The van der Waals surface area contributed by atoms with Crippen molar-refractivity contribution in [1.29, 1.82) is 5.41 Å². The Morgan fingerprint density at radius 1 is 1.14 bits per heavy atom. The van der Waals surface area contributed by atoms with Crippen LogP contribution in [-0.2, 0) is 0 Å². The Balaban J connectivity index is 0.000000224. The fraction of sp³-hybridized carbons (Fsp3) is 0.0667. The molecule has 2 rings (SSSR count). The minimum absolute atomic E-state index is 0.0741. The van der Waals surface area contributed by atoms with Crippen molar-refractivity contribution in [2.24, 2.45) is 5.73 Å². The number of amides is 1. The lowest BCUT2D eigenvalue weighted by Gasteiger charge is -2.04. The van der Waals surface area contributed by atoms with E-state index in [1.165, 1.54) is 12.1 Å². The highest BCUT2D eigenvalue weighted by Crippen LogP contribution is 2.31. The van der Waals surface area contributed by atoms with Crippen LogP contribution < -0.4 is 5.73 Å². The first-order valence-electron chi connectivity index (χ1n) is 6.05. The number of carbonyl (C=O) groups excluding carboxylic acids is 1. The summed E-state index contributed by atoms with van der Waals surface area (Å²) in [4.78, 5) is 10.5.